The third-order valence-corrected chi connectivity index (χ3v) is 5.70. The molecule has 6 nitrogen and oxygen atoms in total. The number of hydrazone groups is 1. The highest BCUT2D eigenvalue weighted by Gasteiger charge is 2.12. The van der Waals surface area contributed by atoms with Crippen LogP contribution in [0.5, 0.6) is 11.5 Å². The molecule has 0 radical (unpaired) electrons. The summed E-state index contributed by atoms with van der Waals surface area (Å²) in [5.74, 6) is 1.10. The van der Waals surface area contributed by atoms with Crippen molar-refractivity contribution in [2.75, 3.05) is 7.11 Å². The number of ether oxygens (including phenoxy) is 2. The van der Waals surface area contributed by atoms with Crippen LogP contribution in [0.25, 0.3) is 0 Å². The fourth-order valence-corrected chi connectivity index (χ4v) is 3.48. The second-order valence-electron chi connectivity index (χ2n) is 6.49. The van der Waals surface area contributed by atoms with E-state index in [-0.39, 0.29) is 4.90 Å². The average Bonchev–Trinajstić information content (AvgIpc) is 2.74. The predicted octanol–water partition coefficient (Wildman–Crippen LogP) is 4.55. The Labute approximate surface area is 181 Å². The Morgan fingerprint density at radius 1 is 1.00 bits per heavy atom. The monoisotopic (exact) mass is 444 g/mol. The Balaban J connectivity index is 1.66. The highest BCUT2D eigenvalue weighted by molar-refractivity contribution is 7.89. The Bertz CT molecular complexity index is 1130. The van der Waals surface area contributed by atoms with Crippen molar-refractivity contribution in [2.45, 2.75) is 18.4 Å². The Kier molecular flexibility index (Phi) is 6.97. The molecule has 0 bridgehead atoms. The lowest BCUT2D eigenvalue weighted by Crippen LogP contribution is -2.18. The van der Waals surface area contributed by atoms with Gasteiger partial charge >= 0.3 is 0 Å². The molecule has 0 aliphatic carbocycles. The largest absolute Gasteiger partial charge is 0.493 e. The molecule has 156 valence electrons. The summed E-state index contributed by atoms with van der Waals surface area (Å²) >= 11 is 5.78. The van der Waals surface area contributed by atoms with E-state index in [0.29, 0.717) is 28.7 Å². The van der Waals surface area contributed by atoms with E-state index in [4.69, 9.17) is 21.1 Å². The minimum atomic E-state index is -3.78. The number of benzene rings is 3. The van der Waals surface area contributed by atoms with Crippen LogP contribution in [0.3, 0.4) is 0 Å². The van der Waals surface area contributed by atoms with Crippen LogP contribution in [0.4, 0.5) is 0 Å². The maximum absolute atomic E-state index is 12.2. The number of hydrogen-bond donors (Lipinski definition) is 1. The van der Waals surface area contributed by atoms with Crippen molar-refractivity contribution in [3.8, 4) is 11.5 Å². The van der Waals surface area contributed by atoms with E-state index in [2.05, 4.69) is 9.93 Å². The molecule has 0 fully saturated rings. The van der Waals surface area contributed by atoms with Crippen LogP contribution in [0.15, 0.2) is 76.7 Å². The standard InChI is InChI=1S/C22H21ClN2O4S/c1-16-3-5-17(6-4-16)15-29-21-12-7-18(13-22(21)28-2)14-24-25-30(26,27)20-10-8-19(23)9-11-20/h3-14,25H,15H2,1-2H3/b24-14+. The Morgan fingerprint density at radius 2 is 1.70 bits per heavy atom. The summed E-state index contributed by atoms with van der Waals surface area (Å²) in [5.41, 5.74) is 2.88. The van der Waals surface area contributed by atoms with Gasteiger partial charge in [0.1, 0.15) is 6.61 Å². The summed E-state index contributed by atoms with van der Waals surface area (Å²) in [6.45, 7) is 2.44. The topological polar surface area (TPSA) is 77.0 Å². The van der Waals surface area contributed by atoms with Gasteiger partial charge in [-0.05, 0) is 60.5 Å². The number of halogens is 1. The summed E-state index contributed by atoms with van der Waals surface area (Å²) < 4.78 is 35.7. The maximum atomic E-state index is 12.2. The fraction of sp³-hybridized carbons (Fsp3) is 0.136. The van der Waals surface area contributed by atoms with Crippen molar-refractivity contribution < 1.29 is 17.9 Å². The molecule has 0 aliphatic rings. The lowest BCUT2D eigenvalue weighted by atomic mass is 10.2. The molecule has 0 spiro atoms. The van der Waals surface area contributed by atoms with Crippen LogP contribution in [0, 0.1) is 6.92 Å². The van der Waals surface area contributed by atoms with Crippen molar-refractivity contribution in [3.05, 3.63) is 88.4 Å². The van der Waals surface area contributed by atoms with Gasteiger partial charge in [0.15, 0.2) is 11.5 Å². The van der Waals surface area contributed by atoms with E-state index in [1.54, 1.807) is 18.2 Å². The minimum Gasteiger partial charge on any atom is -0.493 e. The van der Waals surface area contributed by atoms with E-state index in [0.717, 1.165) is 5.56 Å². The van der Waals surface area contributed by atoms with Crippen molar-refractivity contribution in [1.29, 1.82) is 0 Å². The number of rotatable bonds is 8. The predicted molar refractivity (Wildman–Crippen MR) is 118 cm³/mol. The van der Waals surface area contributed by atoms with Crippen LogP contribution in [0.2, 0.25) is 5.02 Å². The molecule has 0 saturated heterocycles. The summed E-state index contributed by atoms with van der Waals surface area (Å²) in [4.78, 5) is 2.24. The second kappa shape index (κ2) is 9.65. The SMILES string of the molecule is COc1cc(/C=N/NS(=O)(=O)c2ccc(Cl)cc2)ccc1OCc1ccc(C)cc1. The first kappa shape index (κ1) is 21.7. The summed E-state index contributed by atoms with van der Waals surface area (Å²) in [5, 5.41) is 4.28. The first-order valence-electron chi connectivity index (χ1n) is 9.04. The molecular formula is C22H21ClN2O4S. The molecule has 1 N–H and O–H groups in total. The van der Waals surface area contributed by atoms with Gasteiger partial charge in [-0.2, -0.15) is 13.5 Å². The zero-order chi connectivity index (χ0) is 21.6. The van der Waals surface area contributed by atoms with Gasteiger partial charge < -0.3 is 9.47 Å². The van der Waals surface area contributed by atoms with Crippen LogP contribution in [-0.4, -0.2) is 21.7 Å². The first-order chi connectivity index (χ1) is 14.4. The third-order valence-electron chi connectivity index (χ3n) is 4.21. The number of nitrogens with zero attached hydrogens (tertiary/aromatic N) is 1. The highest BCUT2D eigenvalue weighted by atomic mass is 35.5. The van der Waals surface area contributed by atoms with Gasteiger partial charge in [0.25, 0.3) is 10.0 Å². The van der Waals surface area contributed by atoms with Crippen molar-refractivity contribution in [1.82, 2.24) is 4.83 Å². The number of sulfonamides is 1. The zero-order valence-corrected chi connectivity index (χ0v) is 18.1. The number of nitrogens with one attached hydrogen (secondary N) is 1. The van der Waals surface area contributed by atoms with Crippen LogP contribution < -0.4 is 14.3 Å². The van der Waals surface area contributed by atoms with Gasteiger partial charge in [-0.1, -0.05) is 41.4 Å². The normalized spacial score (nSPS) is 11.4. The van der Waals surface area contributed by atoms with E-state index in [1.165, 1.54) is 43.2 Å². The number of hydrogen-bond acceptors (Lipinski definition) is 5. The van der Waals surface area contributed by atoms with Gasteiger partial charge in [-0.3, -0.25) is 0 Å². The molecule has 0 unspecified atom stereocenters. The van der Waals surface area contributed by atoms with E-state index >= 15 is 0 Å². The molecular weight excluding hydrogens is 424 g/mol. The minimum absolute atomic E-state index is 0.0708. The lowest BCUT2D eigenvalue weighted by Gasteiger charge is -2.11. The van der Waals surface area contributed by atoms with Crippen molar-refractivity contribution in [2.24, 2.45) is 5.10 Å². The van der Waals surface area contributed by atoms with Crippen LogP contribution >= 0.6 is 11.6 Å². The highest BCUT2D eigenvalue weighted by Crippen LogP contribution is 2.28. The Hall–Kier alpha value is -3.03. The van der Waals surface area contributed by atoms with Gasteiger partial charge in [0, 0.05) is 5.02 Å². The molecule has 0 aromatic heterocycles. The zero-order valence-electron chi connectivity index (χ0n) is 16.5. The maximum Gasteiger partial charge on any atom is 0.276 e. The quantitative estimate of drug-likeness (QED) is 0.408. The summed E-state index contributed by atoms with van der Waals surface area (Å²) in [7, 11) is -2.24. The molecule has 3 rings (SSSR count). The number of aryl methyl sites for hydroxylation is 1. The average molecular weight is 445 g/mol. The van der Waals surface area contributed by atoms with Gasteiger partial charge in [-0.15, -0.1) is 0 Å². The van der Waals surface area contributed by atoms with E-state index < -0.39 is 10.0 Å². The lowest BCUT2D eigenvalue weighted by molar-refractivity contribution is 0.284. The van der Waals surface area contributed by atoms with Gasteiger partial charge in [0.2, 0.25) is 0 Å². The van der Waals surface area contributed by atoms with E-state index in [9.17, 15) is 8.42 Å². The smallest absolute Gasteiger partial charge is 0.276 e. The summed E-state index contributed by atoms with van der Waals surface area (Å²) in [6.07, 6.45) is 1.39. The molecule has 0 atom stereocenters. The molecule has 3 aromatic carbocycles. The molecule has 3 aromatic rings. The van der Waals surface area contributed by atoms with Crippen molar-refractivity contribution >= 4 is 27.8 Å². The molecule has 8 heteroatoms. The first-order valence-corrected chi connectivity index (χ1v) is 10.9. The fourth-order valence-electron chi connectivity index (χ4n) is 2.57. The van der Waals surface area contributed by atoms with E-state index in [1.807, 2.05) is 31.2 Å². The summed E-state index contributed by atoms with van der Waals surface area (Å²) in [6, 6.07) is 19.1. The molecule has 0 heterocycles. The second-order valence-corrected chi connectivity index (χ2v) is 8.59. The molecule has 0 amide bonds. The molecule has 0 saturated carbocycles. The van der Waals surface area contributed by atoms with Crippen molar-refractivity contribution in [3.63, 3.8) is 0 Å². The van der Waals surface area contributed by atoms with Crippen LogP contribution in [-0.2, 0) is 16.6 Å². The van der Waals surface area contributed by atoms with Crippen LogP contribution in [0.1, 0.15) is 16.7 Å². The Morgan fingerprint density at radius 3 is 2.37 bits per heavy atom. The number of methoxy groups -OCH3 is 1. The molecule has 0 aliphatic heterocycles. The third kappa shape index (κ3) is 5.75. The van der Waals surface area contributed by atoms with Gasteiger partial charge in [0.05, 0.1) is 18.2 Å². The molecule has 30 heavy (non-hydrogen) atoms. The van der Waals surface area contributed by atoms with Gasteiger partial charge in [-0.25, -0.2) is 4.83 Å².